The first-order chi connectivity index (χ1) is 43.6. The van der Waals surface area contributed by atoms with Crippen molar-refractivity contribution in [3.63, 3.8) is 0 Å². The van der Waals surface area contributed by atoms with Gasteiger partial charge in [0.2, 0.25) is 5.91 Å². The number of allylic oxidation sites excluding steroid dienone is 15. The van der Waals surface area contributed by atoms with Crippen LogP contribution in [0.5, 0.6) is 0 Å². The number of unbranched alkanes of at least 4 members (excludes halogenated alkanes) is 31. The molecule has 0 spiro atoms. The van der Waals surface area contributed by atoms with E-state index in [2.05, 4.69) is 104 Å². The maximum Gasteiger partial charge on any atom is 0.220 e. The molecule has 0 aliphatic carbocycles. The summed E-state index contributed by atoms with van der Waals surface area (Å²) in [6.07, 6.45) is 66.0. The van der Waals surface area contributed by atoms with E-state index in [1.807, 2.05) is 6.08 Å². The highest BCUT2D eigenvalue weighted by molar-refractivity contribution is 5.76. The van der Waals surface area contributed by atoms with Crippen LogP contribution in [0.1, 0.15) is 277 Å². The Balaban J connectivity index is 1.69. The number of hydrogen-bond donors (Lipinski definition) is 9. The molecule has 1 amide bonds. The Kier molecular flexibility index (Phi) is 54.1. The number of hydrogen-bond acceptors (Lipinski definition) is 13. The molecular formula is C75H131NO13. The van der Waals surface area contributed by atoms with Crippen LogP contribution in [0.3, 0.4) is 0 Å². The summed E-state index contributed by atoms with van der Waals surface area (Å²) in [7, 11) is 0. The highest BCUT2D eigenvalue weighted by Crippen LogP contribution is 2.30. The molecule has 2 aliphatic rings. The van der Waals surface area contributed by atoms with Gasteiger partial charge in [-0.05, 0) is 83.5 Å². The predicted octanol–water partition coefficient (Wildman–Crippen LogP) is 15.0. The van der Waals surface area contributed by atoms with Gasteiger partial charge in [-0.15, -0.1) is 0 Å². The lowest BCUT2D eigenvalue weighted by molar-refractivity contribution is -0.359. The van der Waals surface area contributed by atoms with Gasteiger partial charge < -0.3 is 65.1 Å². The van der Waals surface area contributed by atoms with Crippen molar-refractivity contribution < 1.29 is 64.6 Å². The topological polar surface area (TPSA) is 228 Å². The molecule has 0 bridgehead atoms. The van der Waals surface area contributed by atoms with Crippen LogP contribution in [0, 0.1) is 0 Å². The van der Waals surface area contributed by atoms with Crippen molar-refractivity contribution in [1.29, 1.82) is 0 Å². The normalized spacial score (nSPS) is 23.6. The first-order valence-corrected chi connectivity index (χ1v) is 36.0. The van der Waals surface area contributed by atoms with Crippen LogP contribution in [0.15, 0.2) is 97.2 Å². The van der Waals surface area contributed by atoms with Crippen LogP contribution < -0.4 is 5.32 Å². The van der Waals surface area contributed by atoms with Crippen LogP contribution in [0.2, 0.25) is 0 Å². The van der Waals surface area contributed by atoms with Crippen molar-refractivity contribution in [2.75, 3.05) is 19.8 Å². The molecule has 14 heteroatoms. The summed E-state index contributed by atoms with van der Waals surface area (Å²) in [5.41, 5.74) is 0. The fraction of sp³-hybridized carbons (Fsp3) is 0.773. The van der Waals surface area contributed by atoms with Crippen LogP contribution >= 0.6 is 0 Å². The summed E-state index contributed by atoms with van der Waals surface area (Å²) in [4.78, 5) is 13.3. The molecular weight excluding hydrogens is 1120 g/mol. The van der Waals surface area contributed by atoms with Gasteiger partial charge in [0.05, 0.1) is 32.0 Å². The van der Waals surface area contributed by atoms with E-state index in [0.29, 0.717) is 12.8 Å². The molecule has 2 fully saturated rings. The van der Waals surface area contributed by atoms with Crippen molar-refractivity contribution in [3.8, 4) is 0 Å². The number of aliphatic hydroxyl groups excluding tert-OH is 8. The molecule has 2 heterocycles. The average molecular weight is 1250 g/mol. The lowest BCUT2D eigenvalue weighted by atomic mass is 9.97. The molecule has 2 rings (SSSR count). The van der Waals surface area contributed by atoms with Gasteiger partial charge in [-0.2, -0.15) is 0 Å². The molecule has 0 radical (unpaired) electrons. The van der Waals surface area contributed by atoms with Crippen LogP contribution in [0.25, 0.3) is 0 Å². The van der Waals surface area contributed by atoms with Gasteiger partial charge in [-0.1, -0.05) is 284 Å². The van der Waals surface area contributed by atoms with Crippen LogP contribution in [0.4, 0.5) is 0 Å². The quantitative estimate of drug-likeness (QED) is 0.0204. The third-order valence-corrected chi connectivity index (χ3v) is 17.0. The molecule has 12 atom stereocenters. The standard InChI is InChI=1S/C75H131NO13/c1-3-5-7-9-11-13-15-17-19-21-23-25-27-29-30-31-32-33-34-35-37-39-41-43-45-47-49-51-53-55-57-59-67(80)76-63(62-86-74-72(85)70(83)73(66(61-78)88-74)89-75-71(84)69(82)68(81)65(60-77)87-75)64(79)58-56-54-52-50-48-46-44-42-40-38-36-28-26-24-22-20-18-16-14-12-10-8-6-4-2/h5,7,11,13,17,19,23,25,29-30,32-33,48,50,56,58,63-66,68-75,77-79,81-85H,3-4,6,8-10,12,14-16,18,20-22,24,26-28,31,34-47,49,51-55,57,59-62H2,1-2H3,(H,76,80)/b7-5-,13-11-,19-17-,25-23-,30-29-,33-32-,50-48+,58-56+. The third-order valence-electron chi connectivity index (χ3n) is 17.0. The van der Waals surface area contributed by atoms with Gasteiger partial charge in [0.1, 0.15) is 48.8 Å². The summed E-state index contributed by atoms with van der Waals surface area (Å²) in [5.74, 6) is -0.252. The van der Waals surface area contributed by atoms with Crippen molar-refractivity contribution in [1.82, 2.24) is 5.32 Å². The van der Waals surface area contributed by atoms with Gasteiger partial charge in [0, 0.05) is 6.42 Å². The second-order valence-corrected chi connectivity index (χ2v) is 25.0. The predicted molar refractivity (Wildman–Crippen MR) is 364 cm³/mol. The Morgan fingerprint density at radius 2 is 0.787 bits per heavy atom. The first-order valence-electron chi connectivity index (χ1n) is 36.0. The SMILES string of the molecule is CC/C=C\C/C=C\C/C=C\C/C=C\C/C=C\C/C=C\CCCCCCCCCCCCCCC(=O)NC(COC1OC(CO)C(OC2OC(CO)C(O)C(O)C2O)C(O)C1O)C(O)/C=C/CC/C=C/CCCCCCCCCCCCCCCCCCCC. The van der Waals surface area contributed by atoms with Crippen LogP contribution in [-0.2, 0) is 23.7 Å². The van der Waals surface area contributed by atoms with E-state index in [-0.39, 0.29) is 18.9 Å². The Hall–Kier alpha value is -3.09. The molecule has 0 aromatic rings. The van der Waals surface area contributed by atoms with E-state index >= 15 is 0 Å². The van der Waals surface area contributed by atoms with Crippen molar-refractivity contribution >= 4 is 5.91 Å². The molecule has 2 aliphatic heterocycles. The number of rotatable bonds is 58. The summed E-state index contributed by atoms with van der Waals surface area (Å²) < 4.78 is 22.9. The highest BCUT2D eigenvalue weighted by Gasteiger charge is 2.51. The third kappa shape index (κ3) is 42.7. The number of ether oxygens (including phenoxy) is 4. The maximum absolute atomic E-state index is 13.3. The Morgan fingerprint density at radius 1 is 0.416 bits per heavy atom. The lowest BCUT2D eigenvalue weighted by Gasteiger charge is -2.46. The molecule has 14 nitrogen and oxygen atoms in total. The number of carbonyl (C=O) groups is 1. The number of nitrogens with one attached hydrogen (secondary N) is 1. The highest BCUT2D eigenvalue weighted by atomic mass is 16.7. The minimum absolute atomic E-state index is 0.252. The fourth-order valence-corrected chi connectivity index (χ4v) is 11.3. The van der Waals surface area contributed by atoms with E-state index < -0.39 is 86.8 Å². The summed E-state index contributed by atoms with van der Waals surface area (Å²) >= 11 is 0. The maximum atomic E-state index is 13.3. The molecule has 12 unspecified atom stereocenters. The van der Waals surface area contributed by atoms with Gasteiger partial charge in [-0.25, -0.2) is 0 Å². The van der Waals surface area contributed by atoms with E-state index in [9.17, 15) is 45.6 Å². The Bertz CT molecular complexity index is 1860. The molecule has 89 heavy (non-hydrogen) atoms. The second kappa shape index (κ2) is 58.7. The average Bonchev–Trinajstić information content (AvgIpc) is 2.53. The fourth-order valence-electron chi connectivity index (χ4n) is 11.3. The summed E-state index contributed by atoms with van der Waals surface area (Å²) in [6, 6.07) is -0.940. The molecule has 0 aromatic heterocycles. The van der Waals surface area contributed by atoms with Crippen molar-refractivity contribution in [3.05, 3.63) is 97.2 Å². The smallest absolute Gasteiger partial charge is 0.220 e. The Labute approximate surface area is 541 Å². The largest absolute Gasteiger partial charge is 0.394 e. The summed E-state index contributed by atoms with van der Waals surface area (Å²) in [6.45, 7) is 2.69. The van der Waals surface area contributed by atoms with E-state index in [1.165, 1.54) is 167 Å². The van der Waals surface area contributed by atoms with Gasteiger partial charge in [0.15, 0.2) is 12.6 Å². The zero-order chi connectivity index (χ0) is 64.5. The zero-order valence-corrected chi connectivity index (χ0v) is 55.9. The van der Waals surface area contributed by atoms with Crippen LogP contribution in [-0.4, -0.2) is 140 Å². The molecule has 9 N–H and O–H groups in total. The molecule has 2 saturated heterocycles. The number of carbonyl (C=O) groups excluding carboxylic acids is 1. The van der Waals surface area contributed by atoms with Gasteiger partial charge >= 0.3 is 0 Å². The van der Waals surface area contributed by atoms with E-state index in [4.69, 9.17) is 18.9 Å². The molecule has 0 aromatic carbocycles. The lowest BCUT2D eigenvalue weighted by Crippen LogP contribution is -2.65. The minimum atomic E-state index is -1.80. The van der Waals surface area contributed by atoms with E-state index in [0.717, 1.165) is 77.0 Å². The zero-order valence-electron chi connectivity index (χ0n) is 55.9. The summed E-state index contributed by atoms with van der Waals surface area (Å²) in [5, 5.41) is 87.5. The molecule has 0 saturated carbocycles. The monoisotopic (exact) mass is 1250 g/mol. The first kappa shape index (κ1) is 82.0. The minimum Gasteiger partial charge on any atom is -0.394 e. The Morgan fingerprint density at radius 3 is 1.24 bits per heavy atom. The van der Waals surface area contributed by atoms with Crippen molar-refractivity contribution in [2.24, 2.45) is 0 Å². The van der Waals surface area contributed by atoms with Gasteiger partial charge in [-0.3, -0.25) is 4.79 Å². The molecule has 514 valence electrons. The van der Waals surface area contributed by atoms with Gasteiger partial charge in [0.25, 0.3) is 0 Å². The second-order valence-electron chi connectivity index (χ2n) is 25.0. The van der Waals surface area contributed by atoms with E-state index in [1.54, 1.807) is 6.08 Å². The van der Waals surface area contributed by atoms with Crippen molar-refractivity contribution in [2.45, 2.75) is 351 Å². The number of aliphatic hydroxyl groups is 8. The number of amides is 1.